The monoisotopic (exact) mass is 164 g/mol. The Hall–Kier alpha value is -1.22. The van der Waals surface area contributed by atoms with Gasteiger partial charge in [0.05, 0.1) is 5.69 Å². The van der Waals surface area contributed by atoms with Crippen LogP contribution in [0.1, 0.15) is 35.4 Å². The van der Waals surface area contributed by atoms with Gasteiger partial charge in [-0.15, -0.1) is 0 Å². The first-order chi connectivity index (χ1) is 5.77. The first kappa shape index (κ1) is 8.87. The van der Waals surface area contributed by atoms with Gasteiger partial charge in [-0.05, 0) is 18.6 Å². The maximum absolute atomic E-state index is 10.3. The summed E-state index contributed by atoms with van der Waals surface area (Å²) in [4.78, 5) is 14.3. The summed E-state index contributed by atoms with van der Waals surface area (Å²) in [6.07, 6.45) is 3.17. The van der Waals surface area contributed by atoms with Crippen LogP contribution in [-0.2, 0) is 0 Å². The molecule has 64 valence electrons. The predicted molar refractivity (Wildman–Crippen MR) is 46.8 cm³/mol. The van der Waals surface area contributed by atoms with E-state index in [0.717, 1.165) is 18.4 Å². The average Bonchev–Trinajstić information content (AvgIpc) is 2.17. The van der Waals surface area contributed by atoms with Crippen molar-refractivity contribution < 1.29 is 4.79 Å². The van der Waals surface area contributed by atoms with E-state index in [1.807, 2.05) is 6.92 Å². The lowest BCUT2D eigenvalue weighted by Crippen LogP contribution is -2.10. The maximum atomic E-state index is 10.3. The largest absolute Gasteiger partial charge is 0.323 e. The van der Waals surface area contributed by atoms with E-state index in [2.05, 4.69) is 4.98 Å². The number of nitrogens with two attached hydrogens (primary N) is 1. The minimum Gasteiger partial charge on any atom is -0.323 e. The summed E-state index contributed by atoms with van der Waals surface area (Å²) in [7, 11) is 0. The van der Waals surface area contributed by atoms with Gasteiger partial charge in [-0.3, -0.25) is 9.78 Å². The lowest BCUT2D eigenvalue weighted by molar-refractivity contribution is 0.112. The number of carbonyl (C=O) groups excluding carboxylic acids is 1. The number of hydrogen-bond donors (Lipinski definition) is 1. The minimum absolute atomic E-state index is 0.0225. The van der Waals surface area contributed by atoms with Gasteiger partial charge in [0.1, 0.15) is 0 Å². The van der Waals surface area contributed by atoms with Gasteiger partial charge in [-0.25, -0.2) is 0 Å². The number of rotatable bonds is 3. The lowest BCUT2D eigenvalue weighted by atomic mass is 10.1. The summed E-state index contributed by atoms with van der Waals surface area (Å²) >= 11 is 0. The van der Waals surface area contributed by atoms with Crippen molar-refractivity contribution in [3.8, 4) is 0 Å². The van der Waals surface area contributed by atoms with E-state index in [0.29, 0.717) is 5.56 Å². The Morgan fingerprint density at radius 1 is 1.67 bits per heavy atom. The van der Waals surface area contributed by atoms with Crippen LogP contribution in [0.4, 0.5) is 0 Å². The second-order valence-electron chi connectivity index (χ2n) is 2.65. The van der Waals surface area contributed by atoms with Gasteiger partial charge in [-0.2, -0.15) is 0 Å². The lowest BCUT2D eigenvalue weighted by Gasteiger charge is -2.06. The van der Waals surface area contributed by atoms with Crippen molar-refractivity contribution in [1.29, 1.82) is 0 Å². The molecule has 0 amide bonds. The summed E-state index contributed by atoms with van der Waals surface area (Å²) in [6.45, 7) is 2.00. The van der Waals surface area contributed by atoms with E-state index in [-0.39, 0.29) is 6.04 Å². The minimum atomic E-state index is -0.0225. The van der Waals surface area contributed by atoms with Crippen molar-refractivity contribution in [3.63, 3.8) is 0 Å². The van der Waals surface area contributed by atoms with Crippen LogP contribution in [0.5, 0.6) is 0 Å². The number of aromatic nitrogens is 1. The molecule has 0 saturated heterocycles. The number of hydrogen-bond acceptors (Lipinski definition) is 3. The highest BCUT2D eigenvalue weighted by molar-refractivity contribution is 5.73. The highest BCUT2D eigenvalue weighted by Gasteiger charge is 2.03. The average molecular weight is 164 g/mol. The molecule has 0 unspecified atom stereocenters. The summed E-state index contributed by atoms with van der Waals surface area (Å²) in [5, 5.41) is 0. The molecule has 0 aliphatic carbocycles. The molecule has 0 radical (unpaired) electrons. The molecule has 0 saturated carbocycles. The van der Waals surface area contributed by atoms with Crippen LogP contribution >= 0.6 is 0 Å². The van der Waals surface area contributed by atoms with E-state index in [1.54, 1.807) is 12.1 Å². The van der Waals surface area contributed by atoms with Crippen LogP contribution in [0.2, 0.25) is 0 Å². The fraction of sp³-hybridized carbons (Fsp3) is 0.333. The van der Waals surface area contributed by atoms with Crippen molar-refractivity contribution in [2.45, 2.75) is 19.4 Å². The molecule has 1 aromatic heterocycles. The first-order valence-corrected chi connectivity index (χ1v) is 3.94. The topological polar surface area (TPSA) is 56.0 Å². The third-order valence-electron chi connectivity index (χ3n) is 1.77. The molecule has 0 aliphatic rings. The third-order valence-corrected chi connectivity index (χ3v) is 1.77. The molecule has 0 fully saturated rings. The van der Waals surface area contributed by atoms with E-state index in [9.17, 15) is 4.79 Å². The molecule has 1 heterocycles. The quantitative estimate of drug-likeness (QED) is 0.685. The molecule has 0 spiro atoms. The fourth-order valence-corrected chi connectivity index (χ4v) is 0.915. The molecule has 1 atom stereocenters. The summed E-state index contributed by atoms with van der Waals surface area (Å²) < 4.78 is 0. The zero-order chi connectivity index (χ0) is 8.97. The number of carbonyl (C=O) groups is 1. The Morgan fingerprint density at radius 3 is 2.83 bits per heavy atom. The van der Waals surface area contributed by atoms with Crippen molar-refractivity contribution >= 4 is 6.29 Å². The van der Waals surface area contributed by atoms with Gasteiger partial charge in [0.2, 0.25) is 0 Å². The molecule has 2 N–H and O–H groups in total. The number of pyridine rings is 1. The Labute approximate surface area is 71.6 Å². The van der Waals surface area contributed by atoms with E-state index in [1.165, 1.54) is 6.20 Å². The Balaban J connectivity index is 2.84. The molecular weight excluding hydrogens is 152 g/mol. The standard InChI is InChI=1S/C9H12N2O/c1-2-8(10)9-4-3-7(6-12)5-11-9/h3-6,8H,2,10H2,1H3/t8-/m0/s1. The SMILES string of the molecule is CC[C@H](N)c1ccc(C=O)cn1. The normalized spacial score (nSPS) is 12.5. The Morgan fingerprint density at radius 2 is 2.42 bits per heavy atom. The van der Waals surface area contributed by atoms with Gasteiger partial charge in [0.15, 0.2) is 6.29 Å². The number of aldehydes is 1. The number of nitrogens with zero attached hydrogens (tertiary/aromatic N) is 1. The highest BCUT2D eigenvalue weighted by atomic mass is 16.1. The molecule has 0 bridgehead atoms. The van der Waals surface area contributed by atoms with Crippen LogP contribution in [-0.4, -0.2) is 11.3 Å². The zero-order valence-corrected chi connectivity index (χ0v) is 7.03. The molecular formula is C9H12N2O. The fourth-order valence-electron chi connectivity index (χ4n) is 0.915. The maximum Gasteiger partial charge on any atom is 0.151 e. The van der Waals surface area contributed by atoms with E-state index in [4.69, 9.17) is 5.73 Å². The highest BCUT2D eigenvalue weighted by Crippen LogP contribution is 2.09. The zero-order valence-electron chi connectivity index (χ0n) is 7.03. The van der Waals surface area contributed by atoms with Crippen LogP contribution in [0, 0.1) is 0 Å². The van der Waals surface area contributed by atoms with E-state index < -0.39 is 0 Å². The molecule has 12 heavy (non-hydrogen) atoms. The van der Waals surface area contributed by atoms with Crippen LogP contribution in [0.25, 0.3) is 0 Å². The molecule has 0 aliphatic heterocycles. The van der Waals surface area contributed by atoms with E-state index >= 15 is 0 Å². The third kappa shape index (κ3) is 1.89. The van der Waals surface area contributed by atoms with Gasteiger partial charge >= 0.3 is 0 Å². The van der Waals surface area contributed by atoms with Crippen LogP contribution in [0.15, 0.2) is 18.3 Å². The summed E-state index contributed by atoms with van der Waals surface area (Å²) in [5.74, 6) is 0. The van der Waals surface area contributed by atoms with Crippen molar-refractivity contribution in [1.82, 2.24) is 4.98 Å². The van der Waals surface area contributed by atoms with Gasteiger partial charge in [0.25, 0.3) is 0 Å². The van der Waals surface area contributed by atoms with Gasteiger partial charge in [-0.1, -0.05) is 6.92 Å². The molecule has 3 heteroatoms. The first-order valence-electron chi connectivity index (χ1n) is 3.94. The summed E-state index contributed by atoms with van der Waals surface area (Å²) in [5.41, 5.74) is 7.16. The smallest absolute Gasteiger partial charge is 0.151 e. The van der Waals surface area contributed by atoms with Gasteiger partial charge in [0, 0.05) is 17.8 Å². The molecule has 0 aromatic carbocycles. The van der Waals surface area contributed by atoms with Crippen molar-refractivity contribution in [2.24, 2.45) is 5.73 Å². The van der Waals surface area contributed by atoms with Crippen molar-refractivity contribution in [2.75, 3.05) is 0 Å². The van der Waals surface area contributed by atoms with Crippen LogP contribution in [0.3, 0.4) is 0 Å². The second-order valence-corrected chi connectivity index (χ2v) is 2.65. The Bertz CT molecular complexity index is 256. The molecule has 1 aromatic rings. The van der Waals surface area contributed by atoms with Crippen LogP contribution < -0.4 is 5.73 Å². The van der Waals surface area contributed by atoms with Gasteiger partial charge < -0.3 is 5.73 Å². The van der Waals surface area contributed by atoms with Crippen molar-refractivity contribution in [3.05, 3.63) is 29.6 Å². The predicted octanol–water partition coefficient (Wildman–Crippen LogP) is 1.30. The molecule has 1 rings (SSSR count). The summed E-state index contributed by atoms with van der Waals surface area (Å²) in [6, 6.07) is 3.49. The Kier molecular flexibility index (Phi) is 2.94. The molecule has 3 nitrogen and oxygen atoms in total. The second kappa shape index (κ2) is 3.97.